The van der Waals surface area contributed by atoms with Crippen molar-refractivity contribution in [3.05, 3.63) is 59.7 Å². The Balaban J connectivity index is 1.76. The van der Waals surface area contributed by atoms with Crippen LogP contribution in [0, 0.1) is 6.92 Å². The highest BCUT2D eigenvalue weighted by Crippen LogP contribution is 2.20. The average Bonchev–Trinajstić information content (AvgIpc) is 2.68. The summed E-state index contributed by atoms with van der Waals surface area (Å²) in [6.45, 7) is 4.50. The highest BCUT2D eigenvalue weighted by atomic mass is 32.2. The Kier molecular flexibility index (Phi) is 5.81. The van der Waals surface area contributed by atoms with Crippen molar-refractivity contribution < 1.29 is 22.7 Å². The summed E-state index contributed by atoms with van der Waals surface area (Å²) in [4.78, 5) is 25.5. The van der Waals surface area contributed by atoms with Crippen molar-refractivity contribution in [2.24, 2.45) is 0 Å². The summed E-state index contributed by atoms with van der Waals surface area (Å²) in [6, 6.07) is 12.9. The second-order valence-electron chi connectivity index (χ2n) is 6.64. The molecule has 0 spiro atoms. The molecule has 0 radical (unpaired) electrons. The number of ether oxygens (including phenoxy) is 1. The van der Waals surface area contributed by atoms with Gasteiger partial charge in [0.15, 0.2) is 0 Å². The lowest BCUT2D eigenvalue weighted by Crippen LogP contribution is -2.49. The van der Waals surface area contributed by atoms with E-state index in [-0.39, 0.29) is 29.5 Å². The Morgan fingerprint density at radius 2 is 1.64 bits per heavy atom. The molecule has 0 N–H and O–H groups in total. The van der Waals surface area contributed by atoms with Gasteiger partial charge >= 0.3 is 5.97 Å². The fraction of sp³-hybridized carbons (Fsp3) is 0.300. The van der Waals surface area contributed by atoms with Crippen molar-refractivity contribution in [1.82, 2.24) is 9.21 Å². The number of nitrogens with zero attached hydrogens (tertiary/aromatic N) is 2. The minimum atomic E-state index is -3.76. The van der Waals surface area contributed by atoms with Crippen LogP contribution in [0.4, 0.5) is 0 Å². The number of rotatable bonds is 4. The molecule has 3 rings (SSSR count). The highest BCUT2D eigenvalue weighted by Gasteiger charge is 2.29. The molecular formula is C20H22N2O5S. The molecule has 7 nitrogen and oxygen atoms in total. The van der Waals surface area contributed by atoms with Gasteiger partial charge in [0.05, 0.1) is 10.5 Å². The molecule has 1 amide bonds. The van der Waals surface area contributed by atoms with Gasteiger partial charge in [0.2, 0.25) is 15.9 Å². The molecule has 0 saturated carbocycles. The number of piperazine rings is 1. The first-order valence-electron chi connectivity index (χ1n) is 8.92. The second kappa shape index (κ2) is 8.12. The van der Waals surface area contributed by atoms with Crippen molar-refractivity contribution in [3.63, 3.8) is 0 Å². The molecule has 1 saturated heterocycles. The van der Waals surface area contributed by atoms with Crippen molar-refractivity contribution in [2.45, 2.75) is 18.7 Å². The smallest absolute Gasteiger partial charge is 0.343 e. The van der Waals surface area contributed by atoms with E-state index in [1.165, 1.54) is 35.5 Å². The van der Waals surface area contributed by atoms with Crippen LogP contribution in [-0.4, -0.2) is 55.7 Å². The summed E-state index contributed by atoms with van der Waals surface area (Å²) in [5.74, 6) is -0.291. The lowest BCUT2D eigenvalue weighted by molar-refractivity contribution is -0.129. The Bertz CT molecular complexity index is 995. The van der Waals surface area contributed by atoms with Crippen LogP contribution in [0.15, 0.2) is 53.4 Å². The predicted octanol–water partition coefficient (Wildman–Crippen LogP) is 2.07. The largest absolute Gasteiger partial charge is 0.423 e. The van der Waals surface area contributed by atoms with Crippen LogP contribution in [-0.2, 0) is 14.8 Å². The minimum absolute atomic E-state index is 0.0301. The number of esters is 1. The van der Waals surface area contributed by atoms with Gasteiger partial charge in [-0.15, -0.1) is 0 Å². The van der Waals surface area contributed by atoms with E-state index in [2.05, 4.69) is 0 Å². The number of amides is 1. The number of sulfonamides is 1. The number of hydrogen-bond donors (Lipinski definition) is 0. The van der Waals surface area contributed by atoms with Gasteiger partial charge in [-0.05, 0) is 42.8 Å². The summed E-state index contributed by atoms with van der Waals surface area (Å²) in [7, 11) is -3.76. The zero-order valence-electron chi connectivity index (χ0n) is 15.8. The van der Waals surface area contributed by atoms with E-state index in [1.54, 1.807) is 23.1 Å². The first-order chi connectivity index (χ1) is 13.3. The topological polar surface area (TPSA) is 84.0 Å². The van der Waals surface area contributed by atoms with E-state index in [0.717, 1.165) is 5.56 Å². The van der Waals surface area contributed by atoms with E-state index >= 15 is 0 Å². The van der Waals surface area contributed by atoms with Gasteiger partial charge in [0, 0.05) is 33.1 Å². The van der Waals surface area contributed by atoms with Crippen molar-refractivity contribution in [1.29, 1.82) is 0 Å². The number of carbonyl (C=O) groups excluding carboxylic acids is 2. The molecule has 2 aromatic rings. The van der Waals surface area contributed by atoms with Crippen LogP contribution in [0.2, 0.25) is 0 Å². The molecule has 0 aromatic heterocycles. The monoisotopic (exact) mass is 402 g/mol. The average molecular weight is 402 g/mol. The van der Waals surface area contributed by atoms with E-state index in [1.807, 2.05) is 13.0 Å². The van der Waals surface area contributed by atoms with E-state index in [9.17, 15) is 18.0 Å². The van der Waals surface area contributed by atoms with E-state index in [0.29, 0.717) is 18.8 Å². The maximum atomic E-state index is 12.9. The fourth-order valence-electron chi connectivity index (χ4n) is 3.02. The minimum Gasteiger partial charge on any atom is -0.423 e. The van der Waals surface area contributed by atoms with Crippen molar-refractivity contribution >= 4 is 21.9 Å². The van der Waals surface area contributed by atoms with Gasteiger partial charge in [-0.2, -0.15) is 4.31 Å². The Hall–Kier alpha value is -2.71. The van der Waals surface area contributed by atoms with E-state index < -0.39 is 16.0 Å². The lowest BCUT2D eigenvalue weighted by Gasteiger charge is -2.33. The number of aryl methyl sites for hydroxylation is 1. The zero-order chi connectivity index (χ0) is 20.3. The van der Waals surface area contributed by atoms with Crippen LogP contribution in [0.5, 0.6) is 5.75 Å². The highest BCUT2D eigenvalue weighted by molar-refractivity contribution is 7.89. The summed E-state index contributed by atoms with van der Waals surface area (Å²) >= 11 is 0. The molecule has 1 aliphatic heterocycles. The molecule has 0 bridgehead atoms. The van der Waals surface area contributed by atoms with Crippen molar-refractivity contribution in [2.75, 3.05) is 26.2 Å². The molecule has 0 aliphatic carbocycles. The third-order valence-electron chi connectivity index (χ3n) is 4.59. The predicted molar refractivity (Wildman–Crippen MR) is 104 cm³/mol. The molecule has 28 heavy (non-hydrogen) atoms. The first kappa shape index (κ1) is 20.0. The van der Waals surface area contributed by atoms with Crippen LogP contribution in [0.1, 0.15) is 22.8 Å². The molecule has 0 atom stereocenters. The zero-order valence-corrected chi connectivity index (χ0v) is 16.6. The molecule has 148 valence electrons. The van der Waals surface area contributed by atoms with Gasteiger partial charge in [0.1, 0.15) is 5.75 Å². The van der Waals surface area contributed by atoms with Crippen molar-refractivity contribution in [3.8, 4) is 5.75 Å². The Labute approximate surface area is 164 Å². The van der Waals surface area contributed by atoms with Gasteiger partial charge in [-0.1, -0.05) is 18.2 Å². The lowest BCUT2D eigenvalue weighted by atomic mass is 10.2. The molecule has 2 aromatic carbocycles. The maximum absolute atomic E-state index is 12.9. The number of hydrogen-bond acceptors (Lipinski definition) is 5. The van der Waals surface area contributed by atoms with Gasteiger partial charge in [-0.3, -0.25) is 4.79 Å². The van der Waals surface area contributed by atoms with Crippen LogP contribution in [0.3, 0.4) is 0 Å². The Morgan fingerprint density at radius 3 is 2.29 bits per heavy atom. The number of carbonyl (C=O) groups is 2. The van der Waals surface area contributed by atoms with E-state index in [4.69, 9.17) is 4.74 Å². The normalized spacial score (nSPS) is 15.3. The number of benzene rings is 2. The fourth-order valence-corrected chi connectivity index (χ4v) is 4.49. The molecule has 1 aliphatic rings. The molecular weight excluding hydrogens is 380 g/mol. The standard InChI is InChI=1S/C20H22N2O5S/c1-15-5-3-7-18(13-15)27-20(24)17-6-4-8-19(14-17)28(25,26)22-11-9-21(10-12-22)16(2)23/h3-8,13-14H,9-12H2,1-2H3. The molecule has 0 unspecified atom stereocenters. The first-order valence-corrected chi connectivity index (χ1v) is 10.4. The van der Waals surface area contributed by atoms with Gasteiger partial charge in [-0.25, -0.2) is 13.2 Å². The van der Waals surface area contributed by atoms with Crippen LogP contribution >= 0.6 is 0 Å². The molecule has 1 heterocycles. The quantitative estimate of drug-likeness (QED) is 0.577. The molecule has 8 heteroatoms. The van der Waals surface area contributed by atoms with Gasteiger partial charge < -0.3 is 9.64 Å². The summed E-state index contributed by atoms with van der Waals surface area (Å²) < 4.78 is 32.5. The summed E-state index contributed by atoms with van der Waals surface area (Å²) in [6.07, 6.45) is 0. The summed E-state index contributed by atoms with van der Waals surface area (Å²) in [5, 5.41) is 0. The SMILES string of the molecule is CC(=O)N1CCN(S(=O)(=O)c2cccc(C(=O)Oc3cccc(C)c3)c2)CC1. The second-order valence-corrected chi connectivity index (χ2v) is 8.58. The van der Waals surface area contributed by atoms with Gasteiger partial charge in [0.25, 0.3) is 0 Å². The van der Waals surface area contributed by atoms with Crippen LogP contribution in [0.25, 0.3) is 0 Å². The Morgan fingerprint density at radius 1 is 0.964 bits per heavy atom. The third-order valence-corrected chi connectivity index (χ3v) is 6.49. The van der Waals surface area contributed by atoms with Crippen LogP contribution < -0.4 is 4.74 Å². The molecule has 1 fully saturated rings. The third kappa shape index (κ3) is 4.40. The summed E-state index contributed by atoms with van der Waals surface area (Å²) in [5.41, 5.74) is 1.11. The maximum Gasteiger partial charge on any atom is 0.343 e.